The number of Topliss-reactive ketones (excluding diaryl/α,β-unsaturated/α-hetero) is 1. The molecule has 1 aliphatic heterocycles. The van der Waals surface area contributed by atoms with Crippen molar-refractivity contribution >= 4 is 39.3 Å². The summed E-state index contributed by atoms with van der Waals surface area (Å²) in [6, 6.07) is 6.76. The number of hydrogen-bond donors (Lipinski definition) is 0. The zero-order valence-corrected chi connectivity index (χ0v) is 16.5. The van der Waals surface area contributed by atoms with E-state index in [1.54, 1.807) is 18.2 Å². The van der Waals surface area contributed by atoms with E-state index in [9.17, 15) is 14.4 Å². The molecule has 0 radical (unpaired) electrons. The van der Waals surface area contributed by atoms with Crippen LogP contribution in [-0.2, 0) is 19.1 Å². The molecule has 0 amide bonds. The first-order valence-corrected chi connectivity index (χ1v) is 9.29. The highest BCUT2D eigenvalue weighted by atomic mass is 79.9. The van der Waals surface area contributed by atoms with Gasteiger partial charge in [0.15, 0.2) is 5.78 Å². The highest BCUT2D eigenvalue weighted by Crippen LogP contribution is 2.35. The van der Waals surface area contributed by atoms with Crippen LogP contribution >= 0.6 is 15.9 Å². The molecular formula is C20H18BrNO5. The minimum atomic E-state index is -0.596. The second kappa shape index (κ2) is 7.94. The van der Waals surface area contributed by atoms with Crippen molar-refractivity contribution in [1.82, 2.24) is 0 Å². The summed E-state index contributed by atoms with van der Waals surface area (Å²) in [5, 5.41) is 0. The maximum absolute atomic E-state index is 12.6. The number of ketones is 1. The van der Waals surface area contributed by atoms with Gasteiger partial charge in [0.05, 0.1) is 25.1 Å². The summed E-state index contributed by atoms with van der Waals surface area (Å²) in [5.74, 6) is 1.46. The number of carbonyl (C=O) groups is 2. The van der Waals surface area contributed by atoms with E-state index in [-0.39, 0.29) is 27.5 Å². The minimum absolute atomic E-state index is 0.00211. The summed E-state index contributed by atoms with van der Waals surface area (Å²) in [6.07, 6.45) is 3.88. The Labute approximate surface area is 165 Å². The third-order valence-corrected chi connectivity index (χ3v) is 5.55. The van der Waals surface area contributed by atoms with Crippen LogP contribution in [0.5, 0.6) is 0 Å². The second-order valence-corrected chi connectivity index (χ2v) is 7.19. The Morgan fingerprint density at radius 2 is 2.04 bits per heavy atom. The van der Waals surface area contributed by atoms with Crippen LogP contribution < -0.4 is 4.90 Å². The first-order chi connectivity index (χ1) is 13.0. The molecule has 1 aromatic rings. The van der Waals surface area contributed by atoms with Crippen LogP contribution in [0.25, 0.3) is 0 Å². The lowest BCUT2D eigenvalue weighted by atomic mass is 9.94. The van der Waals surface area contributed by atoms with Gasteiger partial charge in [0.25, 0.3) is 0 Å². The number of esters is 1. The van der Waals surface area contributed by atoms with Gasteiger partial charge in [0.1, 0.15) is 22.8 Å². The number of ether oxygens (including phenoxy) is 2. The van der Waals surface area contributed by atoms with Gasteiger partial charge in [-0.25, -0.2) is 9.59 Å². The van der Waals surface area contributed by atoms with Crippen molar-refractivity contribution in [3.05, 3.63) is 58.9 Å². The Morgan fingerprint density at radius 1 is 1.30 bits per heavy atom. The van der Waals surface area contributed by atoms with Gasteiger partial charge >= 0.3 is 5.97 Å². The molecule has 1 heterocycles. The lowest BCUT2D eigenvalue weighted by Crippen LogP contribution is -2.39. The molecule has 3 rings (SSSR count). The number of halogens is 1. The molecule has 0 N–H and O–H groups in total. The van der Waals surface area contributed by atoms with Crippen LogP contribution in [-0.4, -0.2) is 49.3 Å². The number of carbonyl (C=O) groups excluding carboxylic acids is 3. The van der Waals surface area contributed by atoms with Gasteiger partial charge in [-0.1, -0.05) is 34.1 Å². The summed E-state index contributed by atoms with van der Waals surface area (Å²) in [7, 11) is 2.65. The zero-order chi connectivity index (χ0) is 19.6. The number of fused-ring (bicyclic) bond motifs is 1. The van der Waals surface area contributed by atoms with E-state index in [0.29, 0.717) is 18.5 Å². The van der Waals surface area contributed by atoms with Gasteiger partial charge in [-0.3, -0.25) is 4.79 Å². The average Bonchev–Trinajstić information content (AvgIpc) is 2.83. The molecule has 1 aromatic carbocycles. The number of benzene rings is 1. The molecule has 27 heavy (non-hydrogen) atoms. The van der Waals surface area contributed by atoms with Crippen molar-refractivity contribution in [2.24, 2.45) is 0 Å². The fraction of sp³-hybridized carbons (Fsp3) is 0.300. The van der Waals surface area contributed by atoms with Crippen LogP contribution in [0, 0.1) is 0 Å². The molecule has 0 saturated heterocycles. The number of nitrogens with zero attached hydrogens (tertiary/aromatic N) is 1. The number of para-hydroxylation sites is 1. The monoisotopic (exact) mass is 431 g/mol. The molecular weight excluding hydrogens is 414 g/mol. The molecule has 2 aliphatic rings. The lowest BCUT2D eigenvalue weighted by molar-refractivity contribution is -0.135. The van der Waals surface area contributed by atoms with Crippen LogP contribution in [0.15, 0.2) is 53.3 Å². The van der Waals surface area contributed by atoms with Gasteiger partial charge < -0.3 is 14.4 Å². The predicted molar refractivity (Wildman–Crippen MR) is 104 cm³/mol. The van der Waals surface area contributed by atoms with Crippen molar-refractivity contribution in [3.8, 4) is 0 Å². The third kappa shape index (κ3) is 3.36. The van der Waals surface area contributed by atoms with Crippen LogP contribution in [0.4, 0.5) is 5.69 Å². The molecule has 140 valence electrons. The van der Waals surface area contributed by atoms with Gasteiger partial charge in [-0.15, -0.1) is 0 Å². The quantitative estimate of drug-likeness (QED) is 0.416. The van der Waals surface area contributed by atoms with Crippen molar-refractivity contribution in [2.45, 2.75) is 17.3 Å². The zero-order valence-electron chi connectivity index (χ0n) is 14.9. The first kappa shape index (κ1) is 19.1. The largest absolute Gasteiger partial charge is 0.495 e. The summed E-state index contributed by atoms with van der Waals surface area (Å²) in [4.78, 5) is 38.1. The SMILES string of the molecule is COC(=O)C1=C(OC)C(=C=O)C(N2CCC(Br)C(=O)c3ccccc32)C=C1. The topological polar surface area (TPSA) is 72.9 Å². The fourth-order valence-corrected chi connectivity index (χ4v) is 3.84. The summed E-state index contributed by atoms with van der Waals surface area (Å²) in [6.45, 7) is 0.531. The van der Waals surface area contributed by atoms with Gasteiger partial charge in [0, 0.05) is 17.8 Å². The van der Waals surface area contributed by atoms with Crippen LogP contribution in [0.1, 0.15) is 16.8 Å². The predicted octanol–water partition coefficient (Wildman–Crippen LogP) is 2.61. The lowest BCUT2D eigenvalue weighted by Gasteiger charge is -2.34. The number of methoxy groups -OCH3 is 2. The van der Waals surface area contributed by atoms with Crippen molar-refractivity contribution in [2.75, 3.05) is 25.7 Å². The number of anilines is 1. The Bertz CT molecular complexity index is 897. The standard InChI is InChI=1S/C20H18BrNO5/c1-26-19-13(20(25)27-2)7-8-17(14(19)11-23)22-10-9-15(21)18(24)12-5-3-4-6-16(12)22/h3-8,15,17H,9-10H2,1-2H3. The molecule has 0 bridgehead atoms. The second-order valence-electron chi connectivity index (χ2n) is 6.09. The summed E-state index contributed by atoms with van der Waals surface area (Å²) < 4.78 is 10.1. The molecule has 0 fully saturated rings. The van der Waals surface area contributed by atoms with Crippen molar-refractivity contribution in [1.29, 1.82) is 0 Å². The Hall–Kier alpha value is -2.63. The van der Waals surface area contributed by atoms with Gasteiger partial charge in [-0.05, 0) is 24.6 Å². The Kier molecular flexibility index (Phi) is 5.63. The van der Waals surface area contributed by atoms with Crippen LogP contribution in [0.3, 0.4) is 0 Å². The van der Waals surface area contributed by atoms with Crippen molar-refractivity contribution < 1.29 is 23.9 Å². The maximum Gasteiger partial charge on any atom is 0.341 e. The maximum atomic E-state index is 12.6. The Morgan fingerprint density at radius 3 is 2.70 bits per heavy atom. The number of alkyl halides is 1. The normalized spacial score (nSPS) is 22.1. The highest BCUT2D eigenvalue weighted by molar-refractivity contribution is 9.10. The molecule has 0 aromatic heterocycles. The molecule has 7 heteroatoms. The number of rotatable bonds is 3. The summed E-state index contributed by atoms with van der Waals surface area (Å²) >= 11 is 3.45. The van der Waals surface area contributed by atoms with E-state index in [1.165, 1.54) is 14.2 Å². The van der Waals surface area contributed by atoms with E-state index >= 15 is 0 Å². The van der Waals surface area contributed by atoms with Gasteiger partial charge in [-0.2, -0.15) is 0 Å². The third-order valence-electron chi connectivity index (χ3n) is 4.67. The van der Waals surface area contributed by atoms with Crippen LogP contribution in [0.2, 0.25) is 0 Å². The van der Waals surface area contributed by atoms with E-state index < -0.39 is 12.0 Å². The van der Waals surface area contributed by atoms with E-state index in [2.05, 4.69) is 15.9 Å². The first-order valence-electron chi connectivity index (χ1n) is 8.37. The average molecular weight is 432 g/mol. The van der Waals surface area contributed by atoms with E-state index in [0.717, 1.165) is 5.69 Å². The van der Waals surface area contributed by atoms with E-state index in [1.807, 2.05) is 29.0 Å². The number of hydrogen-bond acceptors (Lipinski definition) is 6. The molecule has 0 spiro atoms. The fourth-order valence-electron chi connectivity index (χ4n) is 3.39. The highest BCUT2D eigenvalue weighted by Gasteiger charge is 2.36. The molecule has 1 aliphatic carbocycles. The summed E-state index contributed by atoms with van der Waals surface area (Å²) in [5.41, 5.74) is 1.66. The minimum Gasteiger partial charge on any atom is -0.495 e. The molecule has 6 nitrogen and oxygen atoms in total. The molecule has 0 saturated carbocycles. The molecule has 2 unspecified atom stereocenters. The van der Waals surface area contributed by atoms with Crippen molar-refractivity contribution in [3.63, 3.8) is 0 Å². The van der Waals surface area contributed by atoms with E-state index in [4.69, 9.17) is 9.47 Å². The molecule has 2 atom stereocenters. The van der Waals surface area contributed by atoms with Gasteiger partial charge in [0.2, 0.25) is 0 Å². The Balaban J connectivity index is 2.10. The smallest absolute Gasteiger partial charge is 0.341 e.